The highest BCUT2D eigenvalue weighted by Crippen LogP contribution is 2.29. The molecule has 0 saturated heterocycles. The number of benzene rings is 2. The Bertz CT molecular complexity index is 1530. The molecule has 0 saturated carbocycles. The fourth-order valence-corrected chi connectivity index (χ4v) is 5.12. The first-order valence-electron chi connectivity index (χ1n) is 10.5. The van der Waals surface area contributed by atoms with Gasteiger partial charge in [-0.25, -0.2) is 14.2 Å². The number of para-hydroxylation sites is 2. The predicted octanol–water partition coefficient (Wildman–Crippen LogP) is 3.56. The van der Waals surface area contributed by atoms with E-state index in [1.807, 2.05) is 32.0 Å². The van der Waals surface area contributed by atoms with Crippen LogP contribution in [0.1, 0.15) is 26.4 Å². The molecule has 0 atom stereocenters. The van der Waals surface area contributed by atoms with Crippen LogP contribution in [-0.2, 0) is 16.1 Å². The van der Waals surface area contributed by atoms with Crippen molar-refractivity contribution in [1.29, 1.82) is 0 Å². The number of nitrogens with zero attached hydrogens (tertiary/aromatic N) is 2. The van der Waals surface area contributed by atoms with Gasteiger partial charge in [-0.3, -0.25) is 14.2 Å². The van der Waals surface area contributed by atoms with Gasteiger partial charge in [0, 0.05) is 5.69 Å². The molecule has 1 amide bonds. The number of esters is 1. The number of aryl methyl sites for hydroxylation is 3. The van der Waals surface area contributed by atoms with E-state index in [1.54, 1.807) is 37.3 Å². The number of anilines is 1. The normalized spacial score (nSPS) is 10.9. The second-order valence-electron chi connectivity index (χ2n) is 7.89. The number of ether oxygens (including phenoxy) is 1. The van der Waals surface area contributed by atoms with Crippen molar-refractivity contribution in [2.75, 3.05) is 12.4 Å². The Balaban J connectivity index is 1.93. The topological polar surface area (TPSA) is 99.4 Å². The van der Waals surface area contributed by atoms with Gasteiger partial charge in [-0.05, 0) is 49.6 Å². The summed E-state index contributed by atoms with van der Waals surface area (Å²) in [5, 5.41) is 3.08. The van der Waals surface area contributed by atoms with Gasteiger partial charge in [0.2, 0.25) is 5.91 Å². The summed E-state index contributed by atoms with van der Waals surface area (Å²) in [5.74, 6) is -1.03. The van der Waals surface area contributed by atoms with Crippen LogP contribution in [0, 0.1) is 20.8 Å². The molecule has 8 nitrogen and oxygen atoms in total. The van der Waals surface area contributed by atoms with E-state index in [0.717, 1.165) is 27.0 Å². The Kier molecular flexibility index (Phi) is 6.21. The smallest absolute Gasteiger partial charge is 0.348 e. The molecule has 2 heterocycles. The molecule has 0 aliphatic carbocycles. The molecule has 1 N–H and O–H groups in total. The maximum absolute atomic E-state index is 13.5. The Morgan fingerprint density at radius 3 is 2.24 bits per heavy atom. The fourth-order valence-electron chi connectivity index (χ4n) is 3.91. The SMILES string of the molecule is COC(=O)c1sc2c(c1C)c(=O)n(-c1ccccc1)c(=O)n2CC(=O)Nc1c(C)cccc1C. The average molecular weight is 478 g/mol. The molecule has 34 heavy (non-hydrogen) atoms. The molecule has 0 radical (unpaired) electrons. The number of carbonyl (C=O) groups excluding carboxylic acids is 2. The Morgan fingerprint density at radius 2 is 1.62 bits per heavy atom. The molecular formula is C25H23N3O5S. The molecule has 4 rings (SSSR count). The number of amides is 1. The van der Waals surface area contributed by atoms with Crippen LogP contribution in [0.5, 0.6) is 0 Å². The van der Waals surface area contributed by atoms with E-state index in [0.29, 0.717) is 16.9 Å². The molecule has 0 bridgehead atoms. The van der Waals surface area contributed by atoms with E-state index in [-0.39, 0.29) is 21.6 Å². The second-order valence-corrected chi connectivity index (χ2v) is 8.89. The summed E-state index contributed by atoms with van der Waals surface area (Å²) in [4.78, 5) is 52.8. The Hall–Kier alpha value is -3.98. The highest BCUT2D eigenvalue weighted by Gasteiger charge is 2.25. The van der Waals surface area contributed by atoms with Gasteiger partial charge in [-0.1, -0.05) is 36.4 Å². The summed E-state index contributed by atoms with van der Waals surface area (Å²) in [7, 11) is 1.25. The van der Waals surface area contributed by atoms with Gasteiger partial charge in [0.05, 0.1) is 18.2 Å². The van der Waals surface area contributed by atoms with Gasteiger partial charge in [-0.2, -0.15) is 0 Å². The largest absolute Gasteiger partial charge is 0.465 e. The number of hydrogen-bond donors (Lipinski definition) is 1. The number of carbonyl (C=O) groups is 2. The zero-order valence-electron chi connectivity index (χ0n) is 19.2. The first kappa shape index (κ1) is 23.2. The minimum Gasteiger partial charge on any atom is -0.465 e. The molecule has 4 aromatic rings. The van der Waals surface area contributed by atoms with E-state index in [9.17, 15) is 19.2 Å². The van der Waals surface area contributed by atoms with Crippen LogP contribution in [0.4, 0.5) is 5.69 Å². The van der Waals surface area contributed by atoms with Crippen LogP contribution < -0.4 is 16.6 Å². The van der Waals surface area contributed by atoms with E-state index in [2.05, 4.69) is 5.32 Å². The molecule has 0 aliphatic rings. The molecule has 174 valence electrons. The van der Waals surface area contributed by atoms with Gasteiger partial charge in [0.1, 0.15) is 16.3 Å². The van der Waals surface area contributed by atoms with Crippen molar-refractivity contribution in [3.8, 4) is 5.69 Å². The third kappa shape index (κ3) is 3.94. The zero-order chi connectivity index (χ0) is 24.6. The van der Waals surface area contributed by atoms with Crippen molar-refractivity contribution in [2.45, 2.75) is 27.3 Å². The van der Waals surface area contributed by atoms with Gasteiger partial charge in [0.15, 0.2) is 0 Å². The number of methoxy groups -OCH3 is 1. The number of nitrogens with one attached hydrogen (secondary N) is 1. The van der Waals surface area contributed by atoms with Crippen molar-refractivity contribution in [3.63, 3.8) is 0 Å². The van der Waals surface area contributed by atoms with Crippen LogP contribution >= 0.6 is 11.3 Å². The van der Waals surface area contributed by atoms with Crippen molar-refractivity contribution < 1.29 is 14.3 Å². The van der Waals surface area contributed by atoms with Gasteiger partial charge < -0.3 is 10.1 Å². The van der Waals surface area contributed by atoms with Gasteiger partial charge >= 0.3 is 11.7 Å². The van der Waals surface area contributed by atoms with Crippen LogP contribution in [0.25, 0.3) is 15.9 Å². The van der Waals surface area contributed by atoms with E-state index in [1.165, 1.54) is 11.7 Å². The third-order valence-corrected chi connectivity index (χ3v) is 6.94. The molecule has 2 aromatic carbocycles. The maximum Gasteiger partial charge on any atom is 0.348 e. The summed E-state index contributed by atoms with van der Waals surface area (Å²) < 4.78 is 7.11. The lowest BCUT2D eigenvalue weighted by Crippen LogP contribution is -2.40. The van der Waals surface area contributed by atoms with Crippen LogP contribution in [-0.4, -0.2) is 28.1 Å². The first-order chi connectivity index (χ1) is 16.2. The van der Waals surface area contributed by atoms with E-state index < -0.39 is 23.1 Å². The monoisotopic (exact) mass is 477 g/mol. The van der Waals surface area contributed by atoms with E-state index in [4.69, 9.17) is 4.74 Å². The summed E-state index contributed by atoms with van der Waals surface area (Å²) in [6, 6.07) is 14.1. The Labute approximate surface area is 199 Å². The molecule has 0 aliphatic heterocycles. The molecule has 9 heteroatoms. The number of thiophene rings is 1. The minimum absolute atomic E-state index is 0.203. The summed E-state index contributed by atoms with van der Waals surface area (Å²) in [6.07, 6.45) is 0. The standard InChI is InChI=1S/C25H23N3O5S/c1-14-9-8-10-15(2)20(14)26-18(29)13-27-23-19(16(3)21(34-23)24(31)33-4)22(30)28(25(27)32)17-11-6-5-7-12-17/h5-12H,13H2,1-4H3,(H,26,29). The van der Waals surface area contributed by atoms with Gasteiger partial charge in [-0.15, -0.1) is 11.3 Å². The van der Waals surface area contributed by atoms with Crippen molar-refractivity contribution in [1.82, 2.24) is 9.13 Å². The highest BCUT2D eigenvalue weighted by atomic mass is 32.1. The highest BCUT2D eigenvalue weighted by molar-refractivity contribution is 7.20. The van der Waals surface area contributed by atoms with Crippen molar-refractivity contribution in [3.05, 3.63) is 90.9 Å². The molecule has 2 aromatic heterocycles. The number of aromatic nitrogens is 2. The lowest BCUT2D eigenvalue weighted by atomic mass is 10.1. The summed E-state index contributed by atoms with van der Waals surface area (Å²) in [5.41, 5.74) is 2.00. The van der Waals surface area contributed by atoms with Crippen LogP contribution in [0.3, 0.4) is 0 Å². The molecular weight excluding hydrogens is 454 g/mol. The predicted molar refractivity (Wildman–Crippen MR) is 132 cm³/mol. The molecule has 0 unspecified atom stereocenters. The van der Waals surface area contributed by atoms with E-state index >= 15 is 0 Å². The molecule has 0 spiro atoms. The van der Waals surface area contributed by atoms with Gasteiger partial charge in [0.25, 0.3) is 5.56 Å². The molecule has 0 fully saturated rings. The van der Waals surface area contributed by atoms with Crippen LogP contribution in [0.2, 0.25) is 0 Å². The summed E-state index contributed by atoms with van der Waals surface area (Å²) in [6.45, 7) is 5.06. The third-order valence-electron chi connectivity index (χ3n) is 5.64. The zero-order valence-corrected chi connectivity index (χ0v) is 20.0. The van der Waals surface area contributed by atoms with Crippen LogP contribution in [0.15, 0.2) is 58.1 Å². The fraction of sp³-hybridized carbons (Fsp3) is 0.200. The second kappa shape index (κ2) is 9.11. The summed E-state index contributed by atoms with van der Waals surface area (Å²) >= 11 is 0.965. The van der Waals surface area contributed by atoms with Crippen molar-refractivity contribution in [2.24, 2.45) is 0 Å². The lowest BCUT2D eigenvalue weighted by Gasteiger charge is -2.14. The van der Waals surface area contributed by atoms with Crippen molar-refractivity contribution >= 4 is 39.1 Å². The maximum atomic E-state index is 13.5. The first-order valence-corrected chi connectivity index (χ1v) is 11.3. The average Bonchev–Trinajstić information content (AvgIpc) is 3.16. The number of hydrogen-bond acceptors (Lipinski definition) is 6. The number of rotatable bonds is 5. The number of fused-ring (bicyclic) bond motifs is 1. The quantitative estimate of drug-likeness (QED) is 0.443. The Morgan fingerprint density at radius 1 is 0.971 bits per heavy atom. The lowest BCUT2D eigenvalue weighted by molar-refractivity contribution is -0.116. The minimum atomic E-state index is -0.668.